The summed E-state index contributed by atoms with van der Waals surface area (Å²) in [5.74, 6) is -0.189. The molecule has 0 amide bonds. The molecular formula is C8H5ClF2INO2. The van der Waals surface area contributed by atoms with Gasteiger partial charge in [0.05, 0.1) is 12.7 Å². The Labute approximate surface area is 103 Å². The van der Waals surface area contributed by atoms with Crippen molar-refractivity contribution in [3.8, 4) is 5.88 Å². The van der Waals surface area contributed by atoms with Crippen LogP contribution in [0.15, 0.2) is 6.20 Å². The van der Waals surface area contributed by atoms with Crippen molar-refractivity contribution < 1.29 is 18.3 Å². The van der Waals surface area contributed by atoms with E-state index in [9.17, 15) is 13.6 Å². The first-order chi connectivity index (χ1) is 6.99. The Bertz CT molecular complexity index is 400. The van der Waals surface area contributed by atoms with Crippen molar-refractivity contribution in [3.05, 3.63) is 20.9 Å². The monoisotopic (exact) mass is 347 g/mol. The van der Waals surface area contributed by atoms with Crippen molar-refractivity contribution in [2.45, 2.75) is 6.43 Å². The SMILES string of the molecule is COc1ncc(I)c(C(F)F)c1C(=O)Cl. The van der Waals surface area contributed by atoms with E-state index in [4.69, 9.17) is 16.3 Å². The average Bonchev–Trinajstić information content (AvgIpc) is 2.16. The highest BCUT2D eigenvalue weighted by atomic mass is 127. The lowest BCUT2D eigenvalue weighted by atomic mass is 10.1. The Morgan fingerprint density at radius 1 is 1.67 bits per heavy atom. The summed E-state index contributed by atoms with van der Waals surface area (Å²) in [5, 5.41) is -1.01. The van der Waals surface area contributed by atoms with Gasteiger partial charge in [-0.25, -0.2) is 13.8 Å². The van der Waals surface area contributed by atoms with Crippen molar-refractivity contribution in [3.63, 3.8) is 0 Å². The predicted octanol–water partition coefficient (Wildman–Crippen LogP) is 3.01. The molecule has 0 unspecified atom stereocenters. The number of nitrogens with zero attached hydrogens (tertiary/aromatic N) is 1. The van der Waals surface area contributed by atoms with Crippen LogP contribution in [0, 0.1) is 3.57 Å². The van der Waals surface area contributed by atoms with Crippen molar-refractivity contribution in [2.24, 2.45) is 0 Å². The third-order valence-electron chi connectivity index (χ3n) is 1.64. The molecule has 0 radical (unpaired) electrons. The molecule has 0 atom stereocenters. The number of halogens is 4. The standard InChI is InChI=1S/C8H5ClF2INO2/c1-15-8-5(6(9)14)4(7(10)11)3(12)2-13-8/h2,7H,1H3. The van der Waals surface area contributed by atoms with Crippen molar-refractivity contribution in [1.82, 2.24) is 4.98 Å². The molecule has 0 aliphatic carbocycles. The van der Waals surface area contributed by atoms with Crippen LogP contribution in [-0.2, 0) is 0 Å². The summed E-state index contributed by atoms with van der Waals surface area (Å²) in [7, 11) is 1.23. The van der Waals surface area contributed by atoms with Crippen LogP contribution >= 0.6 is 34.2 Å². The van der Waals surface area contributed by atoms with Gasteiger partial charge in [0, 0.05) is 9.77 Å². The van der Waals surface area contributed by atoms with Crippen LogP contribution in [0.3, 0.4) is 0 Å². The number of methoxy groups -OCH3 is 1. The molecule has 1 rings (SSSR count). The van der Waals surface area contributed by atoms with E-state index >= 15 is 0 Å². The summed E-state index contributed by atoms with van der Waals surface area (Å²) in [6, 6.07) is 0. The summed E-state index contributed by atoms with van der Waals surface area (Å²) in [4.78, 5) is 14.7. The first kappa shape index (κ1) is 12.6. The van der Waals surface area contributed by atoms with E-state index in [2.05, 4.69) is 4.98 Å². The van der Waals surface area contributed by atoms with Crippen LogP contribution in [0.4, 0.5) is 8.78 Å². The molecule has 0 aliphatic rings. The third kappa shape index (κ3) is 2.54. The van der Waals surface area contributed by atoms with E-state index in [-0.39, 0.29) is 15.0 Å². The summed E-state index contributed by atoms with van der Waals surface area (Å²) < 4.78 is 30.2. The fraction of sp³-hybridized carbons (Fsp3) is 0.250. The molecule has 0 aromatic carbocycles. The molecule has 0 fully saturated rings. The molecule has 3 nitrogen and oxygen atoms in total. The van der Waals surface area contributed by atoms with Gasteiger partial charge in [0.25, 0.3) is 11.7 Å². The molecule has 15 heavy (non-hydrogen) atoms. The normalized spacial score (nSPS) is 10.5. The Balaban J connectivity index is 3.51. The maximum absolute atomic E-state index is 12.7. The van der Waals surface area contributed by atoms with E-state index in [1.807, 2.05) is 0 Å². The maximum Gasteiger partial charge on any atom is 0.265 e. The molecule has 0 saturated carbocycles. The number of carbonyl (C=O) groups excluding carboxylic acids is 1. The molecule has 0 aliphatic heterocycles. The molecule has 1 aromatic rings. The van der Waals surface area contributed by atoms with Gasteiger partial charge >= 0.3 is 0 Å². The number of aromatic nitrogens is 1. The van der Waals surface area contributed by atoms with E-state index in [0.717, 1.165) is 0 Å². The van der Waals surface area contributed by atoms with Crippen LogP contribution in [0.1, 0.15) is 22.3 Å². The molecule has 0 bridgehead atoms. The summed E-state index contributed by atoms with van der Waals surface area (Å²) in [5.41, 5.74) is -0.816. The Morgan fingerprint density at radius 2 is 2.27 bits per heavy atom. The van der Waals surface area contributed by atoms with Crippen molar-refractivity contribution in [1.29, 1.82) is 0 Å². The van der Waals surface area contributed by atoms with Gasteiger partial charge in [0.1, 0.15) is 5.56 Å². The molecule has 1 aromatic heterocycles. The largest absolute Gasteiger partial charge is 0.480 e. The summed E-state index contributed by atoms with van der Waals surface area (Å²) >= 11 is 6.87. The molecule has 0 saturated heterocycles. The number of pyridine rings is 1. The summed E-state index contributed by atoms with van der Waals surface area (Å²) in [6.07, 6.45) is -1.60. The van der Waals surface area contributed by atoms with Gasteiger partial charge in [-0.1, -0.05) is 0 Å². The zero-order valence-corrected chi connectivity index (χ0v) is 10.3. The third-order valence-corrected chi connectivity index (χ3v) is 2.69. The minimum absolute atomic E-state index is 0.174. The quantitative estimate of drug-likeness (QED) is 0.623. The second-order valence-corrected chi connectivity index (χ2v) is 3.98. The van der Waals surface area contributed by atoms with Gasteiger partial charge in [-0.15, -0.1) is 0 Å². The van der Waals surface area contributed by atoms with Gasteiger partial charge in [-0.05, 0) is 34.2 Å². The van der Waals surface area contributed by atoms with Crippen molar-refractivity contribution in [2.75, 3.05) is 7.11 Å². The zero-order chi connectivity index (χ0) is 11.6. The predicted molar refractivity (Wildman–Crippen MR) is 58.6 cm³/mol. The number of carbonyl (C=O) groups is 1. The molecule has 7 heteroatoms. The topological polar surface area (TPSA) is 39.2 Å². The minimum Gasteiger partial charge on any atom is -0.480 e. The Hall–Kier alpha value is -0.500. The van der Waals surface area contributed by atoms with E-state index in [1.165, 1.54) is 13.3 Å². The molecule has 0 N–H and O–H groups in total. The first-order valence-corrected chi connectivity index (χ1v) is 5.15. The highest BCUT2D eigenvalue weighted by molar-refractivity contribution is 14.1. The summed E-state index contributed by atoms with van der Waals surface area (Å²) in [6.45, 7) is 0. The highest BCUT2D eigenvalue weighted by Crippen LogP contribution is 2.33. The van der Waals surface area contributed by atoms with Crippen molar-refractivity contribution >= 4 is 39.4 Å². The van der Waals surface area contributed by atoms with E-state index < -0.39 is 17.2 Å². The van der Waals surface area contributed by atoms with Gasteiger partial charge < -0.3 is 4.74 Å². The second-order valence-electron chi connectivity index (χ2n) is 2.48. The van der Waals surface area contributed by atoms with Gasteiger partial charge in [-0.2, -0.15) is 0 Å². The Kier molecular flexibility index (Phi) is 4.21. The maximum atomic E-state index is 12.7. The Morgan fingerprint density at radius 3 is 2.67 bits per heavy atom. The highest BCUT2D eigenvalue weighted by Gasteiger charge is 2.25. The lowest BCUT2D eigenvalue weighted by molar-refractivity contribution is 0.106. The smallest absolute Gasteiger partial charge is 0.265 e. The number of hydrogen-bond donors (Lipinski definition) is 0. The molecular weight excluding hydrogens is 342 g/mol. The molecule has 1 heterocycles. The van der Waals surface area contributed by atoms with Crippen LogP contribution < -0.4 is 4.74 Å². The fourth-order valence-corrected chi connectivity index (χ4v) is 1.87. The molecule has 82 valence electrons. The fourth-order valence-electron chi connectivity index (χ4n) is 1.04. The lowest BCUT2D eigenvalue weighted by Crippen LogP contribution is -2.06. The van der Waals surface area contributed by atoms with Crippen LogP contribution in [0.2, 0.25) is 0 Å². The second kappa shape index (κ2) is 5.02. The number of rotatable bonds is 3. The number of ether oxygens (including phenoxy) is 1. The number of alkyl halides is 2. The lowest BCUT2D eigenvalue weighted by Gasteiger charge is -2.10. The van der Waals surface area contributed by atoms with Gasteiger partial charge in [-0.3, -0.25) is 4.79 Å². The average molecular weight is 347 g/mol. The number of hydrogen-bond acceptors (Lipinski definition) is 3. The zero-order valence-electron chi connectivity index (χ0n) is 7.43. The van der Waals surface area contributed by atoms with E-state index in [1.54, 1.807) is 22.6 Å². The van der Waals surface area contributed by atoms with Gasteiger partial charge in [0.2, 0.25) is 5.88 Å². The first-order valence-electron chi connectivity index (χ1n) is 3.69. The van der Waals surface area contributed by atoms with Crippen LogP contribution in [0.25, 0.3) is 0 Å². The molecule has 0 spiro atoms. The van der Waals surface area contributed by atoms with E-state index in [0.29, 0.717) is 0 Å². The van der Waals surface area contributed by atoms with Crippen LogP contribution in [-0.4, -0.2) is 17.3 Å². The van der Waals surface area contributed by atoms with Crippen LogP contribution in [0.5, 0.6) is 5.88 Å². The minimum atomic E-state index is -2.80. The van der Waals surface area contributed by atoms with Gasteiger partial charge in [0.15, 0.2) is 0 Å².